The highest BCUT2D eigenvalue weighted by molar-refractivity contribution is 6.01. The van der Waals surface area contributed by atoms with Gasteiger partial charge in [0.1, 0.15) is 5.60 Å². The fourth-order valence-corrected chi connectivity index (χ4v) is 7.42. The second-order valence-electron chi connectivity index (χ2n) is 10.4. The number of ether oxygens (including phenoxy) is 1. The standard InChI is InChI=1S/C24H31FO6/c1-13-9-18-17-6-5-15-10-16(27)7-8-21(15,3)23(17,25)19(28)11-22(18,4)24(13,30)20(29)12-31-14(2)26/h7-8,10,13,17-19,28,30H,5-6,9,11-12H2,1-4H3/t13-,17-,18-,19+,21+,22+,23-,24+/m1/s1. The Hall–Kier alpha value is -1.86. The number of aliphatic hydroxyl groups is 2. The topological polar surface area (TPSA) is 101 Å². The molecule has 0 spiro atoms. The molecule has 0 heterocycles. The first-order valence-corrected chi connectivity index (χ1v) is 11.0. The van der Waals surface area contributed by atoms with Crippen LogP contribution in [0.4, 0.5) is 4.39 Å². The molecule has 2 N–H and O–H groups in total. The van der Waals surface area contributed by atoms with Gasteiger partial charge in [-0.15, -0.1) is 0 Å². The number of halogens is 1. The molecular weight excluding hydrogens is 403 g/mol. The maximum absolute atomic E-state index is 17.0. The number of aliphatic hydroxyl groups excluding tert-OH is 1. The number of allylic oxidation sites excluding steroid dienone is 4. The molecular formula is C24H31FO6. The van der Waals surface area contributed by atoms with Gasteiger partial charge in [-0.25, -0.2) is 4.39 Å². The number of alkyl halides is 1. The van der Waals surface area contributed by atoms with Crippen LogP contribution < -0.4 is 0 Å². The average Bonchev–Trinajstić information content (AvgIpc) is 2.89. The molecule has 0 aromatic carbocycles. The summed E-state index contributed by atoms with van der Waals surface area (Å²) in [7, 11) is 0. The smallest absolute Gasteiger partial charge is 0.303 e. The minimum absolute atomic E-state index is 0.0953. The zero-order valence-electron chi connectivity index (χ0n) is 18.5. The van der Waals surface area contributed by atoms with Crippen molar-refractivity contribution in [3.63, 3.8) is 0 Å². The Morgan fingerprint density at radius 3 is 2.61 bits per heavy atom. The van der Waals surface area contributed by atoms with E-state index in [2.05, 4.69) is 0 Å². The second kappa shape index (κ2) is 6.82. The van der Waals surface area contributed by atoms with E-state index >= 15 is 4.39 Å². The van der Waals surface area contributed by atoms with Crippen molar-refractivity contribution >= 4 is 17.5 Å². The number of carbonyl (C=O) groups is 3. The van der Waals surface area contributed by atoms with Crippen molar-refractivity contribution in [2.24, 2.45) is 28.6 Å². The largest absolute Gasteiger partial charge is 0.458 e. The lowest BCUT2D eigenvalue weighted by Gasteiger charge is -2.62. The van der Waals surface area contributed by atoms with Gasteiger partial charge in [-0.3, -0.25) is 14.4 Å². The van der Waals surface area contributed by atoms with Gasteiger partial charge < -0.3 is 14.9 Å². The van der Waals surface area contributed by atoms with Gasteiger partial charge in [0, 0.05) is 23.7 Å². The lowest BCUT2D eigenvalue weighted by atomic mass is 9.44. The minimum atomic E-state index is -2.01. The Labute approximate surface area is 181 Å². The maximum atomic E-state index is 17.0. The summed E-state index contributed by atoms with van der Waals surface area (Å²) in [6.45, 7) is 5.89. The predicted molar refractivity (Wildman–Crippen MR) is 109 cm³/mol. The third-order valence-corrected chi connectivity index (χ3v) is 9.05. The van der Waals surface area contributed by atoms with E-state index in [-0.39, 0.29) is 18.1 Å². The quantitative estimate of drug-likeness (QED) is 0.662. The van der Waals surface area contributed by atoms with E-state index in [1.807, 2.05) is 0 Å². The Balaban J connectivity index is 1.76. The van der Waals surface area contributed by atoms with E-state index in [4.69, 9.17) is 4.74 Å². The summed E-state index contributed by atoms with van der Waals surface area (Å²) in [5.74, 6) is -2.80. The van der Waals surface area contributed by atoms with Crippen LogP contribution in [0.15, 0.2) is 23.8 Å². The summed E-state index contributed by atoms with van der Waals surface area (Å²) < 4.78 is 21.9. The second-order valence-corrected chi connectivity index (χ2v) is 10.4. The van der Waals surface area contributed by atoms with Crippen LogP contribution in [-0.4, -0.2) is 51.7 Å². The van der Waals surface area contributed by atoms with Crippen LogP contribution in [-0.2, 0) is 19.1 Å². The van der Waals surface area contributed by atoms with E-state index in [1.165, 1.54) is 19.1 Å². The van der Waals surface area contributed by atoms with Crippen LogP contribution in [0, 0.1) is 28.6 Å². The molecule has 0 aliphatic heterocycles. The fraction of sp³-hybridized carbons (Fsp3) is 0.708. The number of rotatable bonds is 3. The highest BCUT2D eigenvalue weighted by Gasteiger charge is 2.75. The number of hydrogen-bond donors (Lipinski definition) is 2. The summed E-state index contributed by atoms with van der Waals surface area (Å²) in [5, 5.41) is 22.9. The molecule has 0 bridgehead atoms. The maximum Gasteiger partial charge on any atom is 0.303 e. The van der Waals surface area contributed by atoms with E-state index in [0.29, 0.717) is 24.8 Å². The summed E-state index contributed by atoms with van der Waals surface area (Å²) in [4.78, 5) is 36.2. The van der Waals surface area contributed by atoms with Gasteiger partial charge in [-0.1, -0.05) is 25.5 Å². The first-order chi connectivity index (χ1) is 14.3. The highest BCUT2D eigenvalue weighted by atomic mass is 19.1. The van der Waals surface area contributed by atoms with Crippen molar-refractivity contribution in [3.8, 4) is 0 Å². The summed E-state index contributed by atoms with van der Waals surface area (Å²) in [5.41, 5.74) is -5.33. The Morgan fingerprint density at radius 1 is 1.29 bits per heavy atom. The summed E-state index contributed by atoms with van der Waals surface area (Å²) in [6.07, 6.45) is 4.29. The van der Waals surface area contributed by atoms with E-state index < -0.39 is 58.4 Å². The Morgan fingerprint density at radius 2 is 1.97 bits per heavy atom. The van der Waals surface area contributed by atoms with Crippen LogP contribution in [0.1, 0.15) is 53.4 Å². The van der Waals surface area contributed by atoms with Crippen LogP contribution >= 0.6 is 0 Å². The van der Waals surface area contributed by atoms with Crippen LogP contribution in [0.3, 0.4) is 0 Å². The van der Waals surface area contributed by atoms with Crippen molar-refractivity contribution in [1.82, 2.24) is 0 Å². The van der Waals surface area contributed by atoms with Gasteiger partial charge >= 0.3 is 5.97 Å². The molecule has 4 rings (SSSR count). The molecule has 31 heavy (non-hydrogen) atoms. The molecule has 0 amide bonds. The molecule has 0 radical (unpaired) electrons. The summed E-state index contributed by atoms with van der Waals surface area (Å²) in [6, 6.07) is 0. The molecule has 7 heteroatoms. The van der Waals surface area contributed by atoms with E-state index in [9.17, 15) is 24.6 Å². The number of fused-ring (bicyclic) bond motifs is 5. The van der Waals surface area contributed by atoms with Gasteiger partial charge in [0.2, 0.25) is 5.78 Å². The fourth-order valence-electron chi connectivity index (χ4n) is 7.42. The zero-order chi connectivity index (χ0) is 23.0. The third kappa shape index (κ3) is 2.65. The van der Waals surface area contributed by atoms with Crippen molar-refractivity contribution in [2.45, 2.75) is 70.8 Å². The van der Waals surface area contributed by atoms with Crippen LogP contribution in [0.5, 0.6) is 0 Å². The molecule has 4 aliphatic carbocycles. The van der Waals surface area contributed by atoms with Gasteiger partial charge in [0.05, 0.1) is 6.10 Å². The lowest BCUT2D eigenvalue weighted by molar-refractivity contribution is -0.219. The number of hydrogen-bond acceptors (Lipinski definition) is 6. The molecule has 170 valence electrons. The van der Waals surface area contributed by atoms with Crippen molar-refractivity contribution < 1.29 is 33.7 Å². The predicted octanol–water partition coefficient (Wildman–Crippen LogP) is 2.47. The monoisotopic (exact) mass is 434 g/mol. The SMILES string of the molecule is CC(=O)OCC(=O)[C@@]1(O)[C@H](C)C[C@@H]2[C@H]3CCC4=CC(=O)C=C[C@]4(C)[C@]3(F)[C@@H](O)C[C@@]21C. The minimum Gasteiger partial charge on any atom is -0.458 e. The van der Waals surface area contributed by atoms with Gasteiger partial charge in [0.25, 0.3) is 0 Å². The first-order valence-electron chi connectivity index (χ1n) is 11.0. The molecule has 4 aliphatic rings. The van der Waals surface area contributed by atoms with Gasteiger partial charge in [-0.05, 0) is 56.6 Å². The highest BCUT2D eigenvalue weighted by Crippen LogP contribution is 2.70. The average molecular weight is 435 g/mol. The van der Waals surface area contributed by atoms with Gasteiger partial charge in [0.15, 0.2) is 18.1 Å². The number of ketones is 2. The molecule has 8 atom stereocenters. The number of Topliss-reactive ketones (excluding diaryl/α,β-unsaturated/α-hetero) is 1. The first kappa shape index (κ1) is 22.3. The Kier molecular flexibility index (Phi) is 4.91. The molecule has 0 aromatic heterocycles. The Bertz CT molecular complexity index is 910. The number of esters is 1. The molecule has 0 aromatic rings. The molecule has 0 saturated heterocycles. The molecule has 3 fully saturated rings. The lowest BCUT2D eigenvalue weighted by Crippen LogP contribution is -2.69. The summed E-state index contributed by atoms with van der Waals surface area (Å²) >= 11 is 0. The molecule has 3 saturated carbocycles. The van der Waals surface area contributed by atoms with E-state index in [1.54, 1.807) is 26.8 Å². The van der Waals surface area contributed by atoms with Crippen LogP contribution in [0.25, 0.3) is 0 Å². The number of carbonyl (C=O) groups excluding carboxylic acids is 3. The van der Waals surface area contributed by atoms with Crippen molar-refractivity contribution in [2.75, 3.05) is 6.61 Å². The molecule has 0 unspecified atom stereocenters. The van der Waals surface area contributed by atoms with Crippen LogP contribution in [0.2, 0.25) is 0 Å². The van der Waals surface area contributed by atoms with Crippen molar-refractivity contribution in [3.05, 3.63) is 23.8 Å². The third-order valence-electron chi connectivity index (χ3n) is 9.05. The molecule has 6 nitrogen and oxygen atoms in total. The van der Waals surface area contributed by atoms with Gasteiger partial charge in [-0.2, -0.15) is 0 Å². The zero-order valence-corrected chi connectivity index (χ0v) is 18.5. The van der Waals surface area contributed by atoms with E-state index in [0.717, 1.165) is 0 Å². The van der Waals surface area contributed by atoms with Crippen molar-refractivity contribution in [1.29, 1.82) is 0 Å². The normalized spacial score (nSPS) is 48.4.